The summed E-state index contributed by atoms with van der Waals surface area (Å²) in [6, 6.07) is 15.1. The minimum atomic E-state index is -3.97. The van der Waals surface area contributed by atoms with Gasteiger partial charge in [-0.25, -0.2) is 12.8 Å². The third-order valence-corrected chi connectivity index (χ3v) is 5.34. The van der Waals surface area contributed by atoms with E-state index in [2.05, 4.69) is 9.71 Å². The Balaban J connectivity index is 1.93. The summed E-state index contributed by atoms with van der Waals surface area (Å²) in [6.07, 6.45) is 1.84. The van der Waals surface area contributed by atoms with Crippen molar-refractivity contribution in [2.75, 3.05) is 4.72 Å². The van der Waals surface area contributed by atoms with E-state index in [0.29, 0.717) is 17.7 Å². The molecule has 3 aromatic rings. The van der Waals surface area contributed by atoms with Crippen molar-refractivity contribution in [3.05, 3.63) is 71.7 Å². The molecule has 0 amide bonds. The fraction of sp³-hybridized carbons (Fsp3) is 0.105. The van der Waals surface area contributed by atoms with Crippen LogP contribution in [0.3, 0.4) is 0 Å². The zero-order valence-electron chi connectivity index (χ0n) is 14.0. The number of hydrogen-bond donors (Lipinski definition) is 2. The van der Waals surface area contributed by atoms with Gasteiger partial charge in [0.2, 0.25) is 0 Å². The van der Waals surface area contributed by atoms with Crippen LogP contribution in [0.15, 0.2) is 59.6 Å². The van der Waals surface area contributed by atoms with Gasteiger partial charge in [-0.1, -0.05) is 37.3 Å². The fourth-order valence-electron chi connectivity index (χ4n) is 2.61. The van der Waals surface area contributed by atoms with E-state index in [1.165, 1.54) is 18.3 Å². The van der Waals surface area contributed by atoms with Gasteiger partial charge in [0.25, 0.3) is 10.0 Å². The highest BCUT2D eigenvalue weighted by Gasteiger charge is 2.19. The maximum atomic E-state index is 14.2. The predicted octanol–water partition coefficient (Wildman–Crippen LogP) is 4.06. The van der Waals surface area contributed by atoms with E-state index in [-0.39, 0.29) is 16.1 Å². The van der Waals surface area contributed by atoms with Crippen molar-refractivity contribution in [2.24, 2.45) is 0 Å². The van der Waals surface area contributed by atoms with Crippen LogP contribution < -0.4 is 4.72 Å². The molecular formula is C19H16FN3O2S. The minimum absolute atomic E-state index is 0.00170. The summed E-state index contributed by atoms with van der Waals surface area (Å²) in [4.78, 5) is 2.91. The van der Waals surface area contributed by atoms with Gasteiger partial charge in [-0.05, 0) is 35.7 Å². The Kier molecular flexibility index (Phi) is 4.78. The van der Waals surface area contributed by atoms with E-state index in [1.807, 2.05) is 43.3 Å². The van der Waals surface area contributed by atoms with Gasteiger partial charge in [0, 0.05) is 11.9 Å². The summed E-state index contributed by atoms with van der Waals surface area (Å²) in [5, 5.41) is 9.03. The molecule has 0 saturated heterocycles. The highest BCUT2D eigenvalue weighted by atomic mass is 32.2. The van der Waals surface area contributed by atoms with Gasteiger partial charge in [-0.15, -0.1) is 0 Å². The number of halogens is 1. The number of hydrogen-bond acceptors (Lipinski definition) is 3. The summed E-state index contributed by atoms with van der Waals surface area (Å²) in [6.45, 7) is 1.81. The largest absolute Gasteiger partial charge is 0.360 e. The zero-order valence-corrected chi connectivity index (χ0v) is 14.8. The first kappa shape index (κ1) is 17.7. The molecule has 0 atom stereocenters. The first-order valence-corrected chi connectivity index (χ1v) is 9.42. The lowest BCUT2D eigenvalue weighted by atomic mass is 10.1. The Morgan fingerprint density at radius 1 is 1.19 bits per heavy atom. The molecule has 2 N–H and O–H groups in total. The number of nitrogens with one attached hydrogen (secondary N) is 2. The van der Waals surface area contributed by atoms with E-state index >= 15 is 0 Å². The molecule has 0 aliphatic rings. The van der Waals surface area contributed by atoms with Crippen molar-refractivity contribution in [1.29, 1.82) is 5.26 Å². The molecular weight excluding hydrogens is 353 g/mol. The molecule has 0 spiro atoms. The molecule has 26 heavy (non-hydrogen) atoms. The highest BCUT2D eigenvalue weighted by molar-refractivity contribution is 7.92. The predicted molar refractivity (Wildman–Crippen MR) is 97.5 cm³/mol. The van der Waals surface area contributed by atoms with Crippen LogP contribution in [0.2, 0.25) is 0 Å². The van der Waals surface area contributed by atoms with Gasteiger partial charge in [0.1, 0.15) is 10.7 Å². The van der Waals surface area contributed by atoms with Gasteiger partial charge >= 0.3 is 0 Å². The van der Waals surface area contributed by atoms with E-state index in [1.54, 1.807) is 0 Å². The quantitative estimate of drug-likeness (QED) is 0.711. The van der Waals surface area contributed by atoms with Crippen LogP contribution in [0.25, 0.3) is 11.3 Å². The lowest BCUT2D eigenvalue weighted by Gasteiger charge is -2.10. The van der Waals surface area contributed by atoms with Crippen molar-refractivity contribution in [2.45, 2.75) is 18.2 Å². The normalized spacial score (nSPS) is 11.1. The molecule has 3 rings (SSSR count). The lowest BCUT2D eigenvalue weighted by molar-refractivity contribution is 0.598. The Bertz CT molecular complexity index is 1080. The first-order valence-electron chi connectivity index (χ1n) is 7.93. The van der Waals surface area contributed by atoms with E-state index < -0.39 is 15.8 Å². The van der Waals surface area contributed by atoms with E-state index in [9.17, 15) is 12.8 Å². The maximum Gasteiger partial charge on any atom is 0.263 e. The second-order valence-corrected chi connectivity index (χ2v) is 7.36. The Hall–Kier alpha value is -3.11. The highest BCUT2D eigenvalue weighted by Crippen LogP contribution is 2.26. The monoisotopic (exact) mass is 369 g/mol. The van der Waals surface area contributed by atoms with Crippen LogP contribution in [-0.2, 0) is 16.4 Å². The van der Waals surface area contributed by atoms with Crippen LogP contribution in [0.5, 0.6) is 0 Å². The standard InChI is InChI=1S/C19H16FN3O2S/c1-2-13-9-19(17(20)8-15(13)11-21)23-26(24,25)16-10-18(22-12-16)14-6-4-3-5-7-14/h3-10,12,22-23H,2H2,1H3. The molecule has 2 aromatic carbocycles. The van der Waals surface area contributed by atoms with E-state index in [4.69, 9.17) is 5.26 Å². The molecule has 0 fully saturated rings. The van der Waals surface area contributed by atoms with Crippen LogP contribution in [0, 0.1) is 17.1 Å². The lowest BCUT2D eigenvalue weighted by Crippen LogP contribution is -2.14. The van der Waals surface area contributed by atoms with Crippen molar-refractivity contribution >= 4 is 15.7 Å². The number of nitriles is 1. The summed E-state index contributed by atoms with van der Waals surface area (Å²) in [7, 11) is -3.97. The molecule has 0 unspecified atom stereocenters. The molecule has 0 bridgehead atoms. The van der Waals surface area contributed by atoms with Crippen LogP contribution >= 0.6 is 0 Å². The molecule has 132 valence electrons. The molecule has 1 heterocycles. The van der Waals surface area contributed by atoms with Crippen LogP contribution in [0.1, 0.15) is 18.1 Å². The van der Waals surface area contributed by atoms with Gasteiger partial charge in [0.15, 0.2) is 0 Å². The van der Waals surface area contributed by atoms with Crippen LogP contribution in [0.4, 0.5) is 10.1 Å². The minimum Gasteiger partial charge on any atom is -0.360 e. The number of aromatic amines is 1. The fourth-order valence-corrected chi connectivity index (χ4v) is 3.66. The average molecular weight is 369 g/mol. The van der Waals surface area contributed by atoms with Crippen molar-refractivity contribution in [1.82, 2.24) is 4.98 Å². The topological polar surface area (TPSA) is 85.8 Å². The Morgan fingerprint density at radius 2 is 1.92 bits per heavy atom. The number of benzene rings is 2. The van der Waals surface area contributed by atoms with E-state index in [0.717, 1.165) is 11.6 Å². The number of H-pyrrole nitrogens is 1. The molecule has 1 aromatic heterocycles. The van der Waals surface area contributed by atoms with Gasteiger partial charge in [0.05, 0.1) is 17.3 Å². The van der Waals surface area contributed by atoms with Gasteiger partial charge < -0.3 is 4.98 Å². The maximum absolute atomic E-state index is 14.2. The van der Waals surface area contributed by atoms with Gasteiger partial charge in [-0.2, -0.15) is 5.26 Å². The van der Waals surface area contributed by atoms with Crippen molar-refractivity contribution < 1.29 is 12.8 Å². The van der Waals surface area contributed by atoms with Crippen LogP contribution in [-0.4, -0.2) is 13.4 Å². The van der Waals surface area contributed by atoms with Crippen molar-refractivity contribution in [3.63, 3.8) is 0 Å². The smallest absolute Gasteiger partial charge is 0.263 e. The summed E-state index contributed by atoms with van der Waals surface area (Å²) < 4.78 is 41.6. The first-order chi connectivity index (χ1) is 12.4. The number of rotatable bonds is 5. The molecule has 0 aliphatic heterocycles. The second-order valence-electron chi connectivity index (χ2n) is 5.68. The molecule has 0 saturated carbocycles. The molecule has 0 radical (unpaired) electrons. The Labute approximate surface area is 151 Å². The molecule has 5 nitrogen and oxygen atoms in total. The van der Waals surface area contributed by atoms with Gasteiger partial charge in [-0.3, -0.25) is 4.72 Å². The third-order valence-electron chi connectivity index (χ3n) is 3.99. The zero-order chi connectivity index (χ0) is 18.7. The Morgan fingerprint density at radius 3 is 2.58 bits per heavy atom. The number of sulfonamides is 1. The molecule has 0 aliphatic carbocycles. The SMILES string of the molecule is CCc1cc(NS(=O)(=O)c2c[nH]c(-c3ccccc3)c2)c(F)cc1C#N. The molecule has 7 heteroatoms. The summed E-state index contributed by atoms with van der Waals surface area (Å²) >= 11 is 0. The second kappa shape index (κ2) is 7.02. The third kappa shape index (κ3) is 3.46. The number of aryl methyl sites for hydroxylation is 1. The average Bonchev–Trinajstić information content (AvgIpc) is 3.15. The number of nitrogens with zero attached hydrogens (tertiary/aromatic N) is 1. The van der Waals surface area contributed by atoms with Crippen molar-refractivity contribution in [3.8, 4) is 17.3 Å². The summed E-state index contributed by atoms with van der Waals surface area (Å²) in [5.41, 5.74) is 2.07. The number of anilines is 1. The summed E-state index contributed by atoms with van der Waals surface area (Å²) in [5.74, 6) is -0.791. The number of aromatic nitrogens is 1.